The molecule has 6 heteroatoms. The first-order valence-electron chi connectivity index (χ1n) is 5.26. The van der Waals surface area contributed by atoms with Gasteiger partial charge in [-0.15, -0.1) is 12.4 Å². The predicted octanol–water partition coefficient (Wildman–Crippen LogP) is 0.782. The molecule has 5 N–H and O–H groups in total. The number of aryl methyl sites for hydroxylation is 1. The molecule has 0 fully saturated rings. The fraction of sp³-hybridized carbons (Fsp3) is 0.545. The second-order valence-electron chi connectivity index (χ2n) is 3.76. The zero-order valence-corrected chi connectivity index (χ0v) is 10.6. The van der Waals surface area contributed by atoms with Crippen molar-refractivity contribution in [2.45, 2.75) is 32.4 Å². The molecule has 0 unspecified atom stereocenters. The van der Waals surface area contributed by atoms with E-state index >= 15 is 0 Å². The third kappa shape index (κ3) is 3.81. The van der Waals surface area contributed by atoms with E-state index in [1.54, 1.807) is 6.92 Å². The van der Waals surface area contributed by atoms with Gasteiger partial charge in [0.2, 0.25) is 0 Å². The minimum absolute atomic E-state index is 0. The number of nitrogens with two attached hydrogens (primary N) is 1. The van der Waals surface area contributed by atoms with Gasteiger partial charge in [-0.3, -0.25) is 4.98 Å². The maximum absolute atomic E-state index is 9.86. The topological polar surface area (TPSA) is 99.6 Å². The van der Waals surface area contributed by atoms with Gasteiger partial charge in [-0.25, -0.2) is 0 Å². The van der Waals surface area contributed by atoms with Crippen LogP contribution in [0.4, 0.5) is 0 Å². The van der Waals surface area contributed by atoms with Crippen LogP contribution in [0, 0.1) is 6.92 Å². The molecule has 1 aromatic rings. The van der Waals surface area contributed by atoms with E-state index in [0.717, 1.165) is 0 Å². The molecule has 0 bridgehead atoms. The van der Waals surface area contributed by atoms with Crippen LogP contribution in [-0.2, 0) is 6.61 Å². The van der Waals surface area contributed by atoms with E-state index in [-0.39, 0.29) is 31.4 Å². The van der Waals surface area contributed by atoms with E-state index in [4.69, 9.17) is 15.9 Å². The molecule has 0 aliphatic rings. The highest BCUT2D eigenvalue weighted by molar-refractivity contribution is 5.85. The van der Waals surface area contributed by atoms with Crippen molar-refractivity contribution in [3.63, 3.8) is 0 Å². The Morgan fingerprint density at radius 2 is 2.06 bits per heavy atom. The van der Waals surface area contributed by atoms with Crippen molar-refractivity contribution < 1.29 is 15.3 Å². The smallest absolute Gasteiger partial charge is 0.141 e. The first kappa shape index (κ1) is 16.1. The Morgan fingerprint density at radius 1 is 1.41 bits per heavy atom. The number of hydrogen-bond acceptors (Lipinski definition) is 5. The summed E-state index contributed by atoms with van der Waals surface area (Å²) in [5.74, 6) is 0.0389. The molecular formula is C11H19ClN2O3. The average molecular weight is 263 g/mol. The molecule has 1 rings (SSSR count). The number of aromatic nitrogens is 1. The lowest BCUT2D eigenvalue weighted by molar-refractivity contribution is 0.272. The second-order valence-corrected chi connectivity index (χ2v) is 3.76. The van der Waals surface area contributed by atoms with Crippen LogP contribution in [0.25, 0.3) is 0 Å². The SMILES string of the molecule is Cc1ncc(CO)c([C@@H](N)CCCO)c1O.Cl. The predicted molar refractivity (Wildman–Crippen MR) is 67.1 cm³/mol. The quantitative estimate of drug-likeness (QED) is 0.629. The van der Waals surface area contributed by atoms with Crippen LogP contribution in [0.2, 0.25) is 0 Å². The summed E-state index contributed by atoms with van der Waals surface area (Å²) >= 11 is 0. The number of nitrogens with zero attached hydrogens (tertiary/aromatic N) is 1. The molecule has 0 aliphatic heterocycles. The summed E-state index contributed by atoms with van der Waals surface area (Å²) in [6, 6.07) is -0.393. The van der Waals surface area contributed by atoms with Gasteiger partial charge < -0.3 is 21.1 Å². The van der Waals surface area contributed by atoms with Gasteiger partial charge in [-0.05, 0) is 19.8 Å². The zero-order chi connectivity index (χ0) is 12.1. The molecule has 0 saturated heterocycles. The minimum Gasteiger partial charge on any atom is -0.506 e. The van der Waals surface area contributed by atoms with Crippen LogP contribution < -0.4 is 5.73 Å². The molecule has 0 saturated carbocycles. The number of halogens is 1. The van der Waals surface area contributed by atoms with Crippen molar-refractivity contribution in [2.75, 3.05) is 6.61 Å². The Hall–Kier alpha value is -0.880. The highest BCUT2D eigenvalue weighted by Gasteiger charge is 2.17. The van der Waals surface area contributed by atoms with Crippen LogP contribution in [0.1, 0.15) is 35.7 Å². The first-order chi connectivity index (χ1) is 7.61. The Bertz CT molecular complexity index is 361. The van der Waals surface area contributed by atoms with Crippen molar-refractivity contribution in [1.82, 2.24) is 4.98 Å². The first-order valence-corrected chi connectivity index (χ1v) is 5.26. The van der Waals surface area contributed by atoms with Gasteiger partial charge in [0.15, 0.2) is 0 Å². The fourth-order valence-electron chi connectivity index (χ4n) is 1.65. The third-order valence-corrected chi connectivity index (χ3v) is 2.57. The number of hydrogen-bond donors (Lipinski definition) is 4. The van der Waals surface area contributed by atoms with Gasteiger partial charge in [0.1, 0.15) is 5.75 Å². The van der Waals surface area contributed by atoms with Crippen LogP contribution in [-0.4, -0.2) is 26.9 Å². The fourth-order valence-corrected chi connectivity index (χ4v) is 1.65. The standard InChI is InChI=1S/C11H18N2O3.ClH/c1-7-11(16)10(8(6-15)5-13-7)9(12)3-2-4-14;/h5,9,14-16H,2-4,6,12H2,1H3;1H/t9-;/m0./s1. The second kappa shape index (κ2) is 7.45. The summed E-state index contributed by atoms with van der Waals surface area (Å²) in [5, 5.41) is 27.7. The number of aliphatic hydroxyl groups excluding tert-OH is 2. The maximum Gasteiger partial charge on any atom is 0.141 e. The van der Waals surface area contributed by atoms with Crippen LogP contribution >= 0.6 is 12.4 Å². The Morgan fingerprint density at radius 3 is 2.59 bits per heavy atom. The molecule has 5 nitrogen and oxygen atoms in total. The number of aliphatic hydroxyl groups is 2. The Balaban J connectivity index is 0.00000256. The lowest BCUT2D eigenvalue weighted by atomic mass is 9.97. The Labute approximate surface area is 107 Å². The van der Waals surface area contributed by atoms with Crippen molar-refractivity contribution in [2.24, 2.45) is 5.73 Å². The van der Waals surface area contributed by atoms with Gasteiger partial charge in [0.05, 0.1) is 12.3 Å². The summed E-state index contributed by atoms with van der Waals surface area (Å²) < 4.78 is 0. The van der Waals surface area contributed by atoms with E-state index in [0.29, 0.717) is 29.7 Å². The summed E-state index contributed by atoms with van der Waals surface area (Å²) in [4.78, 5) is 3.96. The van der Waals surface area contributed by atoms with Crippen molar-refractivity contribution in [3.8, 4) is 5.75 Å². The van der Waals surface area contributed by atoms with E-state index < -0.39 is 6.04 Å². The molecule has 0 aliphatic carbocycles. The lowest BCUT2D eigenvalue weighted by Gasteiger charge is -2.17. The monoisotopic (exact) mass is 262 g/mol. The lowest BCUT2D eigenvalue weighted by Crippen LogP contribution is -2.14. The van der Waals surface area contributed by atoms with Crippen LogP contribution in [0.5, 0.6) is 5.75 Å². The summed E-state index contributed by atoms with van der Waals surface area (Å²) in [5.41, 5.74) is 7.48. The van der Waals surface area contributed by atoms with E-state index in [2.05, 4.69) is 4.98 Å². The number of pyridine rings is 1. The van der Waals surface area contributed by atoms with Gasteiger partial charge in [-0.1, -0.05) is 0 Å². The van der Waals surface area contributed by atoms with Gasteiger partial charge in [0.25, 0.3) is 0 Å². The molecular weight excluding hydrogens is 244 g/mol. The molecule has 1 atom stereocenters. The molecule has 0 spiro atoms. The summed E-state index contributed by atoms with van der Waals surface area (Å²) in [6.45, 7) is 1.54. The van der Waals surface area contributed by atoms with Gasteiger partial charge >= 0.3 is 0 Å². The minimum atomic E-state index is -0.393. The molecule has 1 aromatic heterocycles. The van der Waals surface area contributed by atoms with Crippen molar-refractivity contribution in [1.29, 1.82) is 0 Å². The normalized spacial score (nSPS) is 12.0. The highest BCUT2D eigenvalue weighted by atomic mass is 35.5. The largest absolute Gasteiger partial charge is 0.506 e. The van der Waals surface area contributed by atoms with Gasteiger partial charge in [0, 0.05) is 30.0 Å². The summed E-state index contributed by atoms with van der Waals surface area (Å²) in [6.07, 6.45) is 2.64. The zero-order valence-electron chi connectivity index (χ0n) is 9.76. The van der Waals surface area contributed by atoms with Crippen molar-refractivity contribution >= 4 is 12.4 Å². The van der Waals surface area contributed by atoms with Crippen LogP contribution in [0.3, 0.4) is 0 Å². The molecule has 98 valence electrons. The maximum atomic E-state index is 9.86. The molecule has 1 heterocycles. The average Bonchev–Trinajstić information content (AvgIpc) is 2.29. The van der Waals surface area contributed by atoms with E-state index in [1.165, 1.54) is 6.20 Å². The summed E-state index contributed by atoms with van der Waals surface area (Å²) in [7, 11) is 0. The molecule has 0 radical (unpaired) electrons. The van der Waals surface area contributed by atoms with Crippen LogP contribution in [0.15, 0.2) is 6.20 Å². The molecule has 17 heavy (non-hydrogen) atoms. The van der Waals surface area contributed by atoms with E-state index in [9.17, 15) is 5.11 Å². The van der Waals surface area contributed by atoms with Crippen molar-refractivity contribution in [3.05, 3.63) is 23.0 Å². The number of aromatic hydroxyl groups is 1. The Kier molecular flexibility index (Phi) is 7.06. The molecule has 0 amide bonds. The van der Waals surface area contributed by atoms with E-state index in [1.807, 2.05) is 0 Å². The van der Waals surface area contributed by atoms with Gasteiger partial charge in [-0.2, -0.15) is 0 Å². The number of rotatable bonds is 5. The third-order valence-electron chi connectivity index (χ3n) is 2.57. The highest BCUT2D eigenvalue weighted by Crippen LogP contribution is 2.30. The molecule has 0 aromatic carbocycles.